The maximum Gasteiger partial charge on any atom is 0.325 e. The molecule has 1 N–H and O–H groups in total. The molecule has 6 nitrogen and oxygen atoms in total. The van der Waals surface area contributed by atoms with Gasteiger partial charge in [0, 0.05) is 10.9 Å². The lowest BCUT2D eigenvalue weighted by atomic mass is 10.0. The molecule has 0 aliphatic rings. The van der Waals surface area contributed by atoms with Crippen molar-refractivity contribution in [1.82, 2.24) is 10.3 Å². The fraction of sp³-hybridized carbons (Fsp3) is 0.150. The van der Waals surface area contributed by atoms with Gasteiger partial charge < -0.3 is 14.8 Å². The summed E-state index contributed by atoms with van der Waals surface area (Å²) in [7, 11) is 2.88. The van der Waals surface area contributed by atoms with Crippen molar-refractivity contribution in [2.24, 2.45) is 0 Å². The molecule has 1 amide bonds. The molecule has 0 saturated heterocycles. The molecule has 2 aromatic carbocycles. The molecule has 3 rings (SSSR count). The van der Waals surface area contributed by atoms with E-state index in [0.29, 0.717) is 22.2 Å². The second kappa shape index (κ2) is 7.65. The minimum Gasteiger partial charge on any atom is -0.497 e. The maximum absolute atomic E-state index is 12.6. The zero-order chi connectivity index (χ0) is 18.5. The van der Waals surface area contributed by atoms with E-state index in [1.54, 1.807) is 13.2 Å². The number of rotatable bonds is 5. The van der Waals surface area contributed by atoms with Gasteiger partial charge in [-0.1, -0.05) is 18.2 Å². The van der Waals surface area contributed by atoms with E-state index in [9.17, 15) is 9.59 Å². The van der Waals surface area contributed by atoms with Crippen molar-refractivity contribution < 1.29 is 19.1 Å². The van der Waals surface area contributed by atoms with Crippen molar-refractivity contribution in [2.75, 3.05) is 20.8 Å². The first-order valence-electron chi connectivity index (χ1n) is 8.01. The number of benzene rings is 2. The fourth-order valence-corrected chi connectivity index (χ4v) is 2.59. The van der Waals surface area contributed by atoms with Gasteiger partial charge in [-0.3, -0.25) is 9.59 Å². The number of aromatic nitrogens is 1. The monoisotopic (exact) mass is 350 g/mol. The molecule has 0 bridgehead atoms. The summed E-state index contributed by atoms with van der Waals surface area (Å²) in [6.07, 6.45) is 0. The lowest BCUT2D eigenvalue weighted by Gasteiger charge is -2.10. The molecule has 0 aliphatic carbocycles. The molecule has 0 saturated carbocycles. The second-order valence-corrected chi connectivity index (χ2v) is 5.56. The van der Waals surface area contributed by atoms with E-state index in [1.165, 1.54) is 7.11 Å². The first-order chi connectivity index (χ1) is 12.6. The Morgan fingerprint density at radius 1 is 1.04 bits per heavy atom. The van der Waals surface area contributed by atoms with Crippen molar-refractivity contribution in [3.63, 3.8) is 0 Å². The first kappa shape index (κ1) is 17.4. The van der Waals surface area contributed by atoms with E-state index in [2.05, 4.69) is 15.0 Å². The van der Waals surface area contributed by atoms with Crippen molar-refractivity contribution in [2.45, 2.75) is 0 Å². The van der Waals surface area contributed by atoms with Gasteiger partial charge in [-0.05, 0) is 36.4 Å². The summed E-state index contributed by atoms with van der Waals surface area (Å²) in [4.78, 5) is 28.5. The van der Waals surface area contributed by atoms with Crippen molar-refractivity contribution in [1.29, 1.82) is 0 Å². The Bertz CT molecular complexity index is 952. The average molecular weight is 350 g/mol. The molecular weight excluding hydrogens is 332 g/mol. The van der Waals surface area contributed by atoms with Crippen LogP contribution in [0.15, 0.2) is 54.6 Å². The third kappa shape index (κ3) is 3.64. The normalized spacial score (nSPS) is 10.4. The van der Waals surface area contributed by atoms with Crippen molar-refractivity contribution in [3.8, 4) is 17.0 Å². The average Bonchev–Trinajstić information content (AvgIpc) is 2.70. The summed E-state index contributed by atoms with van der Waals surface area (Å²) in [5, 5.41) is 3.29. The van der Waals surface area contributed by atoms with Crippen LogP contribution in [0.25, 0.3) is 22.2 Å². The summed E-state index contributed by atoms with van der Waals surface area (Å²) >= 11 is 0. The van der Waals surface area contributed by atoms with Gasteiger partial charge in [0.1, 0.15) is 12.3 Å². The van der Waals surface area contributed by atoms with Crippen LogP contribution in [0.5, 0.6) is 5.75 Å². The topological polar surface area (TPSA) is 77.5 Å². The highest BCUT2D eigenvalue weighted by Crippen LogP contribution is 2.26. The van der Waals surface area contributed by atoms with Crippen molar-refractivity contribution >= 4 is 22.8 Å². The zero-order valence-electron chi connectivity index (χ0n) is 14.5. The highest BCUT2D eigenvalue weighted by Gasteiger charge is 2.15. The number of nitrogens with one attached hydrogen (secondary N) is 1. The number of methoxy groups -OCH3 is 2. The molecule has 26 heavy (non-hydrogen) atoms. The maximum atomic E-state index is 12.6. The third-order valence-electron chi connectivity index (χ3n) is 3.97. The number of amides is 1. The molecule has 0 spiro atoms. The quantitative estimate of drug-likeness (QED) is 0.716. The smallest absolute Gasteiger partial charge is 0.325 e. The Morgan fingerprint density at radius 2 is 1.77 bits per heavy atom. The highest BCUT2D eigenvalue weighted by molar-refractivity contribution is 6.07. The van der Waals surface area contributed by atoms with Crippen molar-refractivity contribution in [3.05, 3.63) is 60.2 Å². The molecule has 132 valence electrons. The van der Waals surface area contributed by atoms with E-state index in [0.717, 1.165) is 11.3 Å². The van der Waals surface area contributed by atoms with Crippen LogP contribution in [0.1, 0.15) is 10.4 Å². The first-order valence-corrected chi connectivity index (χ1v) is 8.01. The van der Waals surface area contributed by atoms with Gasteiger partial charge in [-0.25, -0.2) is 4.98 Å². The summed E-state index contributed by atoms with van der Waals surface area (Å²) in [5.74, 6) is -0.124. The lowest BCUT2D eigenvalue weighted by Crippen LogP contribution is -2.30. The highest BCUT2D eigenvalue weighted by atomic mass is 16.5. The summed E-state index contributed by atoms with van der Waals surface area (Å²) in [6, 6.07) is 16.5. The van der Waals surface area contributed by atoms with E-state index in [-0.39, 0.29) is 12.5 Å². The predicted octanol–water partition coefficient (Wildman–Crippen LogP) is 2.81. The van der Waals surface area contributed by atoms with Gasteiger partial charge in [-0.2, -0.15) is 0 Å². The van der Waals surface area contributed by atoms with E-state index in [1.807, 2.05) is 48.5 Å². The van der Waals surface area contributed by atoms with Crippen LogP contribution in [0.4, 0.5) is 0 Å². The Balaban J connectivity index is 2.03. The third-order valence-corrected chi connectivity index (χ3v) is 3.97. The van der Waals surface area contributed by atoms with Gasteiger partial charge >= 0.3 is 5.97 Å². The Kier molecular flexibility index (Phi) is 5.12. The summed E-state index contributed by atoms with van der Waals surface area (Å²) in [5.41, 5.74) is 2.67. The summed E-state index contributed by atoms with van der Waals surface area (Å²) < 4.78 is 9.73. The number of para-hydroxylation sites is 1. The van der Waals surface area contributed by atoms with Gasteiger partial charge in [-0.15, -0.1) is 0 Å². The van der Waals surface area contributed by atoms with Crippen LogP contribution in [-0.4, -0.2) is 37.6 Å². The summed E-state index contributed by atoms with van der Waals surface area (Å²) in [6.45, 7) is -0.191. The van der Waals surface area contributed by atoms with Crippen LogP contribution >= 0.6 is 0 Å². The lowest BCUT2D eigenvalue weighted by molar-refractivity contribution is -0.139. The van der Waals surface area contributed by atoms with Gasteiger partial charge in [0.2, 0.25) is 0 Å². The minimum atomic E-state index is -0.507. The Hall–Kier alpha value is -3.41. The number of esters is 1. The molecule has 0 atom stereocenters. The molecule has 3 aromatic rings. The molecule has 0 unspecified atom stereocenters. The van der Waals surface area contributed by atoms with E-state index < -0.39 is 5.97 Å². The van der Waals surface area contributed by atoms with Crippen LogP contribution < -0.4 is 10.1 Å². The largest absolute Gasteiger partial charge is 0.497 e. The number of carbonyl (C=O) groups is 2. The number of pyridine rings is 1. The number of hydrogen-bond acceptors (Lipinski definition) is 5. The van der Waals surface area contributed by atoms with Crippen LogP contribution in [-0.2, 0) is 9.53 Å². The van der Waals surface area contributed by atoms with Crippen LogP contribution in [0, 0.1) is 0 Å². The number of hydrogen-bond donors (Lipinski definition) is 1. The molecule has 0 radical (unpaired) electrons. The number of fused-ring (bicyclic) bond motifs is 1. The number of ether oxygens (including phenoxy) is 2. The minimum absolute atomic E-state index is 0.191. The van der Waals surface area contributed by atoms with Gasteiger partial charge in [0.25, 0.3) is 5.91 Å². The number of nitrogens with zero attached hydrogens (tertiary/aromatic N) is 1. The molecular formula is C20H18N2O4. The van der Waals surface area contributed by atoms with E-state index in [4.69, 9.17) is 4.74 Å². The predicted molar refractivity (Wildman–Crippen MR) is 98.1 cm³/mol. The Labute approximate surface area is 150 Å². The zero-order valence-corrected chi connectivity index (χ0v) is 14.5. The molecule has 6 heteroatoms. The molecule has 1 heterocycles. The Morgan fingerprint density at radius 3 is 2.46 bits per heavy atom. The molecule has 0 fully saturated rings. The van der Waals surface area contributed by atoms with Gasteiger partial charge in [0.15, 0.2) is 0 Å². The SMILES string of the molecule is COC(=O)CNC(=O)c1cc(-c2ccc(OC)cc2)nc2ccccc12. The second-order valence-electron chi connectivity index (χ2n) is 5.56. The van der Waals surface area contributed by atoms with E-state index >= 15 is 0 Å². The van der Waals surface area contributed by atoms with Gasteiger partial charge in [0.05, 0.1) is 31.0 Å². The number of carbonyl (C=O) groups excluding carboxylic acids is 2. The molecule has 1 aromatic heterocycles. The van der Waals surface area contributed by atoms with Crippen LogP contribution in [0.3, 0.4) is 0 Å². The van der Waals surface area contributed by atoms with Crippen LogP contribution in [0.2, 0.25) is 0 Å². The fourth-order valence-electron chi connectivity index (χ4n) is 2.59. The standard InChI is InChI=1S/C20H18N2O4/c1-25-14-9-7-13(8-10-14)18-11-16(20(24)21-12-19(23)26-2)15-5-3-4-6-17(15)22-18/h3-11H,12H2,1-2H3,(H,21,24). The molecule has 0 aliphatic heterocycles.